The summed E-state index contributed by atoms with van der Waals surface area (Å²) in [6.07, 6.45) is 1.54. The third kappa shape index (κ3) is 3.20. The molecule has 1 unspecified atom stereocenters. The zero-order chi connectivity index (χ0) is 14.9. The summed E-state index contributed by atoms with van der Waals surface area (Å²) in [7, 11) is -3.69. The van der Waals surface area contributed by atoms with E-state index >= 15 is 0 Å². The Morgan fingerprint density at radius 3 is 2.70 bits per heavy atom. The summed E-state index contributed by atoms with van der Waals surface area (Å²) in [5.74, 6) is 0.940. The van der Waals surface area contributed by atoms with Gasteiger partial charge in [0.05, 0.1) is 17.1 Å². The van der Waals surface area contributed by atoms with Gasteiger partial charge in [0.1, 0.15) is 5.76 Å². The lowest BCUT2D eigenvalue weighted by atomic mass is 10.3. The standard InChI is InChI=1S/C12H14BrN3O3S/c1-7-6-15-12(19-7)8(2)16-20(17,18)9-3-4-10(13)11(14)5-9/h3-6,8,16H,14H2,1-2H3. The maximum Gasteiger partial charge on any atom is 0.241 e. The van der Waals surface area contributed by atoms with Crippen molar-refractivity contribution in [3.05, 3.63) is 40.5 Å². The molecule has 1 aromatic carbocycles. The van der Waals surface area contributed by atoms with Crippen molar-refractivity contribution in [2.24, 2.45) is 0 Å². The van der Waals surface area contributed by atoms with Gasteiger partial charge in [-0.3, -0.25) is 0 Å². The molecule has 108 valence electrons. The molecule has 1 aromatic heterocycles. The number of nitrogen functional groups attached to an aromatic ring is 1. The number of rotatable bonds is 4. The van der Waals surface area contributed by atoms with Crippen LogP contribution in [0.3, 0.4) is 0 Å². The summed E-state index contributed by atoms with van der Waals surface area (Å²) in [6, 6.07) is 3.87. The molecule has 0 saturated heterocycles. The van der Waals surface area contributed by atoms with E-state index in [4.69, 9.17) is 10.2 Å². The van der Waals surface area contributed by atoms with Crippen molar-refractivity contribution in [2.45, 2.75) is 24.8 Å². The number of nitrogens with zero attached hydrogens (tertiary/aromatic N) is 1. The molecule has 1 atom stereocenters. The van der Waals surface area contributed by atoms with Crippen LogP contribution >= 0.6 is 15.9 Å². The maximum absolute atomic E-state index is 12.2. The van der Waals surface area contributed by atoms with Crippen molar-refractivity contribution in [1.82, 2.24) is 9.71 Å². The molecule has 0 aliphatic carbocycles. The Balaban J connectivity index is 2.24. The molecule has 2 rings (SSSR count). The number of oxazole rings is 1. The lowest BCUT2D eigenvalue weighted by Gasteiger charge is -2.12. The van der Waals surface area contributed by atoms with Gasteiger partial charge in [-0.05, 0) is 48.0 Å². The summed E-state index contributed by atoms with van der Waals surface area (Å²) in [6.45, 7) is 3.40. The van der Waals surface area contributed by atoms with E-state index in [1.807, 2.05) is 0 Å². The van der Waals surface area contributed by atoms with Gasteiger partial charge in [-0.15, -0.1) is 0 Å². The number of aromatic nitrogens is 1. The number of anilines is 1. The molecule has 0 fully saturated rings. The number of nitrogens with two attached hydrogens (primary N) is 1. The van der Waals surface area contributed by atoms with Crippen molar-refractivity contribution in [2.75, 3.05) is 5.73 Å². The first-order chi connectivity index (χ1) is 9.29. The molecule has 2 aromatic rings. The van der Waals surface area contributed by atoms with Gasteiger partial charge in [0.2, 0.25) is 15.9 Å². The molecule has 8 heteroatoms. The predicted octanol–water partition coefficient (Wildman–Crippen LogP) is 2.37. The summed E-state index contributed by atoms with van der Waals surface area (Å²) >= 11 is 3.22. The number of halogens is 1. The number of hydrogen-bond donors (Lipinski definition) is 2. The SMILES string of the molecule is Cc1cnc(C(C)NS(=O)(=O)c2ccc(Br)c(N)c2)o1. The van der Waals surface area contributed by atoms with Crippen LogP contribution in [0.2, 0.25) is 0 Å². The average molecular weight is 360 g/mol. The number of benzene rings is 1. The van der Waals surface area contributed by atoms with Crippen LogP contribution in [0.5, 0.6) is 0 Å². The van der Waals surface area contributed by atoms with E-state index in [1.165, 1.54) is 18.3 Å². The quantitative estimate of drug-likeness (QED) is 0.816. The van der Waals surface area contributed by atoms with Crippen LogP contribution in [0.1, 0.15) is 24.6 Å². The van der Waals surface area contributed by atoms with Gasteiger partial charge in [0.25, 0.3) is 0 Å². The van der Waals surface area contributed by atoms with Crippen molar-refractivity contribution in [1.29, 1.82) is 0 Å². The number of nitrogens with one attached hydrogen (secondary N) is 1. The molecule has 20 heavy (non-hydrogen) atoms. The molecule has 0 bridgehead atoms. The molecule has 0 radical (unpaired) electrons. The van der Waals surface area contributed by atoms with Crippen LogP contribution < -0.4 is 10.5 Å². The topological polar surface area (TPSA) is 98.2 Å². The number of aryl methyl sites for hydroxylation is 1. The van der Waals surface area contributed by atoms with E-state index in [9.17, 15) is 8.42 Å². The fourth-order valence-corrected chi connectivity index (χ4v) is 3.09. The first-order valence-electron chi connectivity index (χ1n) is 5.79. The summed E-state index contributed by atoms with van der Waals surface area (Å²) in [5.41, 5.74) is 6.05. The molecule has 0 saturated carbocycles. The Kier molecular flexibility index (Phi) is 4.17. The molecular formula is C12H14BrN3O3S. The van der Waals surface area contributed by atoms with Crippen LogP contribution in [0.4, 0.5) is 5.69 Å². The van der Waals surface area contributed by atoms with Crippen molar-refractivity contribution in [3.63, 3.8) is 0 Å². The smallest absolute Gasteiger partial charge is 0.241 e. The maximum atomic E-state index is 12.2. The molecule has 6 nitrogen and oxygen atoms in total. The first-order valence-corrected chi connectivity index (χ1v) is 8.07. The lowest BCUT2D eigenvalue weighted by Crippen LogP contribution is -2.27. The van der Waals surface area contributed by atoms with E-state index in [0.717, 1.165) is 0 Å². The van der Waals surface area contributed by atoms with E-state index < -0.39 is 16.1 Å². The Bertz CT molecular complexity index is 727. The molecule has 0 aliphatic rings. The highest BCUT2D eigenvalue weighted by Gasteiger charge is 2.21. The van der Waals surface area contributed by atoms with Crippen molar-refractivity contribution < 1.29 is 12.8 Å². The number of hydrogen-bond acceptors (Lipinski definition) is 5. The largest absolute Gasteiger partial charge is 0.444 e. The third-order valence-corrected chi connectivity index (χ3v) is 4.88. The minimum atomic E-state index is -3.69. The van der Waals surface area contributed by atoms with Gasteiger partial charge in [0.15, 0.2) is 0 Å². The minimum Gasteiger partial charge on any atom is -0.444 e. The lowest BCUT2D eigenvalue weighted by molar-refractivity contribution is 0.428. The van der Waals surface area contributed by atoms with Gasteiger partial charge >= 0.3 is 0 Å². The summed E-state index contributed by atoms with van der Waals surface area (Å²) in [4.78, 5) is 4.09. The zero-order valence-corrected chi connectivity index (χ0v) is 13.3. The Morgan fingerprint density at radius 1 is 1.45 bits per heavy atom. The van der Waals surface area contributed by atoms with Crippen LogP contribution in [0, 0.1) is 6.92 Å². The van der Waals surface area contributed by atoms with Crippen LogP contribution in [0.15, 0.2) is 38.2 Å². The minimum absolute atomic E-state index is 0.0910. The normalized spacial score (nSPS) is 13.3. The van der Waals surface area contributed by atoms with Crippen molar-refractivity contribution in [3.8, 4) is 0 Å². The molecule has 0 amide bonds. The highest BCUT2D eigenvalue weighted by molar-refractivity contribution is 9.10. The summed E-state index contributed by atoms with van der Waals surface area (Å²) in [5, 5.41) is 0. The van der Waals surface area contributed by atoms with Gasteiger partial charge in [-0.2, -0.15) is 4.72 Å². The molecular weight excluding hydrogens is 346 g/mol. The second-order valence-electron chi connectivity index (χ2n) is 4.34. The van der Waals surface area contributed by atoms with Crippen molar-refractivity contribution >= 4 is 31.6 Å². The van der Waals surface area contributed by atoms with Crippen LogP contribution in [-0.2, 0) is 10.0 Å². The Hall–Kier alpha value is -1.38. The first kappa shape index (κ1) is 15.0. The highest BCUT2D eigenvalue weighted by Crippen LogP contribution is 2.24. The average Bonchev–Trinajstić information content (AvgIpc) is 2.79. The Labute approximate surface area is 125 Å². The fourth-order valence-electron chi connectivity index (χ4n) is 1.61. The zero-order valence-electron chi connectivity index (χ0n) is 10.9. The number of sulfonamides is 1. The fraction of sp³-hybridized carbons (Fsp3) is 0.250. The van der Waals surface area contributed by atoms with E-state index in [1.54, 1.807) is 19.9 Å². The van der Waals surface area contributed by atoms with Gasteiger partial charge < -0.3 is 10.2 Å². The van der Waals surface area contributed by atoms with Crippen LogP contribution in [0.25, 0.3) is 0 Å². The van der Waals surface area contributed by atoms with E-state index in [0.29, 0.717) is 21.8 Å². The van der Waals surface area contributed by atoms with Crippen LogP contribution in [-0.4, -0.2) is 13.4 Å². The van der Waals surface area contributed by atoms with E-state index in [2.05, 4.69) is 25.6 Å². The monoisotopic (exact) mass is 359 g/mol. The molecule has 0 spiro atoms. The highest BCUT2D eigenvalue weighted by atomic mass is 79.9. The predicted molar refractivity (Wildman–Crippen MR) is 78.5 cm³/mol. The second kappa shape index (κ2) is 5.55. The van der Waals surface area contributed by atoms with Gasteiger partial charge in [0, 0.05) is 10.2 Å². The molecule has 3 N–H and O–H groups in total. The van der Waals surface area contributed by atoms with E-state index in [-0.39, 0.29) is 4.90 Å². The molecule has 1 heterocycles. The summed E-state index contributed by atoms with van der Waals surface area (Å²) < 4.78 is 32.9. The second-order valence-corrected chi connectivity index (χ2v) is 6.90. The molecule has 0 aliphatic heterocycles. The van der Waals surface area contributed by atoms with Gasteiger partial charge in [-0.25, -0.2) is 13.4 Å². The third-order valence-electron chi connectivity index (χ3n) is 2.62. The van der Waals surface area contributed by atoms with Gasteiger partial charge in [-0.1, -0.05) is 0 Å². The Morgan fingerprint density at radius 2 is 2.15 bits per heavy atom.